The van der Waals surface area contributed by atoms with E-state index in [1.54, 1.807) is 6.07 Å². The molecule has 0 radical (unpaired) electrons. The van der Waals surface area contributed by atoms with Crippen molar-refractivity contribution in [3.8, 4) is 0 Å². The molecule has 7 heteroatoms. The van der Waals surface area contributed by atoms with Crippen molar-refractivity contribution >= 4 is 28.3 Å². The summed E-state index contributed by atoms with van der Waals surface area (Å²) < 4.78 is 38.3. The summed E-state index contributed by atoms with van der Waals surface area (Å²) in [7, 11) is -3.93. The van der Waals surface area contributed by atoms with Gasteiger partial charge >= 0.3 is 7.12 Å². The van der Waals surface area contributed by atoms with Crippen molar-refractivity contribution in [2.24, 2.45) is 0 Å². The zero-order chi connectivity index (χ0) is 19.9. The van der Waals surface area contributed by atoms with Gasteiger partial charge in [-0.1, -0.05) is 36.4 Å². The highest BCUT2D eigenvalue weighted by Gasteiger charge is 2.52. The van der Waals surface area contributed by atoms with E-state index in [0.29, 0.717) is 12.1 Å². The third-order valence-corrected chi connectivity index (χ3v) is 5.80. The van der Waals surface area contributed by atoms with Gasteiger partial charge in [-0.2, -0.15) is 0 Å². The Morgan fingerprint density at radius 3 is 2.11 bits per heavy atom. The van der Waals surface area contributed by atoms with Crippen LogP contribution in [0.15, 0.2) is 48.5 Å². The molecule has 1 heterocycles. The number of sulfonamides is 1. The zero-order valence-corrected chi connectivity index (χ0v) is 17.3. The van der Waals surface area contributed by atoms with Crippen molar-refractivity contribution in [3.05, 3.63) is 59.7 Å². The van der Waals surface area contributed by atoms with E-state index < -0.39 is 28.3 Å². The second-order valence-corrected chi connectivity index (χ2v) is 9.79. The summed E-state index contributed by atoms with van der Waals surface area (Å²) in [5.41, 5.74) is 2.60. The number of hydrogen-bond acceptors (Lipinski definition) is 4. The SMILES string of the molecule is CC1(C)OB(c2cc(NS(C)(=O)=O)ccc2Cc2ccccc2)OC1(C)C. The number of nitrogens with one attached hydrogen (secondary N) is 1. The van der Waals surface area contributed by atoms with Crippen LogP contribution in [0.25, 0.3) is 0 Å². The van der Waals surface area contributed by atoms with Gasteiger partial charge < -0.3 is 9.31 Å². The van der Waals surface area contributed by atoms with Crippen molar-refractivity contribution < 1.29 is 17.7 Å². The second kappa shape index (κ2) is 6.97. The maximum Gasteiger partial charge on any atom is 0.495 e. The quantitative estimate of drug-likeness (QED) is 0.802. The Morgan fingerprint density at radius 1 is 0.963 bits per heavy atom. The van der Waals surface area contributed by atoms with Crippen LogP contribution in [0.3, 0.4) is 0 Å². The van der Waals surface area contributed by atoms with Gasteiger partial charge in [0.05, 0.1) is 17.5 Å². The summed E-state index contributed by atoms with van der Waals surface area (Å²) in [4.78, 5) is 0. The molecule has 2 aromatic carbocycles. The fourth-order valence-electron chi connectivity index (χ4n) is 3.04. The number of anilines is 1. The maximum absolute atomic E-state index is 11.6. The summed E-state index contributed by atoms with van der Waals surface area (Å²) in [5, 5.41) is 0. The van der Waals surface area contributed by atoms with Crippen molar-refractivity contribution in [3.63, 3.8) is 0 Å². The fourth-order valence-corrected chi connectivity index (χ4v) is 3.59. The number of hydrogen-bond donors (Lipinski definition) is 1. The third-order valence-electron chi connectivity index (χ3n) is 5.19. The summed E-state index contributed by atoms with van der Waals surface area (Å²) in [5.74, 6) is 0. The molecule has 0 unspecified atom stereocenters. The van der Waals surface area contributed by atoms with Crippen LogP contribution in [0.1, 0.15) is 38.8 Å². The van der Waals surface area contributed by atoms with Crippen molar-refractivity contribution in [2.75, 3.05) is 11.0 Å². The first-order chi connectivity index (χ1) is 12.5. The van der Waals surface area contributed by atoms with Crippen LogP contribution >= 0.6 is 0 Å². The minimum absolute atomic E-state index is 0.470. The maximum atomic E-state index is 11.6. The van der Waals surface area contributed by atoms with Crippen molar-refractivity contribution in [1.82, 2.24) is 0 Å². The van der Waals surface area contributed by atoms with Crippen molar-refractivity contribution in [1.29, 1.82) is 0 Å². The third kappa shape index (κ3) is 4.54. The Morgan fingerprint density at radius 2 is 1.56 bits per heavy atom. The van der Waals surface area contributed by atoms with Crippen LogP contribution in [-0.4, -0.2) is 33.0 Å². The Labute approximate surface area is 162 Å². The highest BCUT2D eigenvalue weighted by molar-refractivity contribution is 7.92. The number of benzene rings is 2. The monoisotopic (exact) mass is 387 g/mol. The molecular weight excluding hydrogens is 361 g/mol. The zero-order valence-electron chi connectivity index (χ0n) is 16.4. The molecule has 1 aliphatic heterocycles. The van der Waals surface area contributed by atoms with Crippen LogP contribution in [0.5, 0.6) is 0 Å². The van der Waals surface area contributed by atoms with Crippen LogP contribution in [-0.2, 0) is 25.8 Å². The van der Waals surface area contributed by atoms with Gasteiger partial charge in [0.25, 0.3) is 0 Å². The minimum Gasteiger partial charge on any atom is -0.399 e. The normalized spacial score (nSPS) is 18.5. The van der Waals surface area contributed by atoms with Gasteiger partial charge in [-0.25, -0.2) is 8.42 Å². The van der Waals surface area contributed by atoms with E-state index in [-0.39, 0.29) is 0 Å². The first-order valence-corrected chi connectivity index (χ1v) is 10.9. The minimum atomic E-state index is -3.37. The number of rotatable bonds is 5. The van der Waals surface area contributed by atoms with Crippen LogP contribution in [0, 0.1) is 0 Å². The van der Waals surface area contributed by atoms with E-state index in [2.05, 4.69) is 16.9 Å². The first-order valence-electron chi connectivity index (χ1n) is 8.97. The average Bonchev–Trinajstić information content (AvgIpc) is 2.76. The molecule has 0 atom stereocenters. The topological polar surface area (TPSA) is 64.6 Å². The molecule has 3 rings (SSSR count). The van der Waals surface area contributed by atoms with Gasteiger partial charge in [0.1, 0.15) is 0 Å². The summed E-state index contributed by atoms with van der Waals surface area (Å²) in [6.07, 6.45) is 1.85. The molecule has 1 aliphatic rings. The molecule has 1 fully saturated rings. The fraction of sp³-hybridized carbons (Fsp3) is 0.400. The molecule has 27 heavy (non-hydrogen) atoms. The van der Waals surface area contributed by atoms with Gasteiger partial charge in [0, 0.05) is 5.69 Å². The van der Waals surface area contributed by atoms with Crippen LogP contribution in [0.2, 0.25) is 0 Å². The second-order valence-electron chi connectivity index (χ2n) is 8.04. The lowest BCUT2D eigenvalue weighted by Gasteiger charge is -2.32. The molecule has 0 bridgehead atoms. The van der Waals surface area contributed by atoms with Gasteiger partial charge in [0.15, 0.2) is 0 Å². The molecule has 0 spiro atoms. The Bertz CT molecular complexity index is 910. The van der Waals surface area contributed by atoms with Gasteiger partial charge in [-0.05, 0) is 62.8 Å². The van der Waals surface area contributed by atoms with E-state index >= 15 is 0 Å². The summed E-state index contributed by atoms with van der Waals surface area (Å²) in [6, 6.07) is 15.6. The van der Waals surface area contributed by atoms with Gasteiger partial charge in [-0.15, -0.1) is 0 Å². The smallest absolute Gasteiger partial charge is 0.399 e. The summed E-state index contributed by atoms with van der Waals surface area (Å²) in [6.45, 7) is 8.01. The van der Waals surface area contributed by atoms with E-state index in [0.717, 1.165) is 17.3 Å². The largest absolute Gasteiger partial charge is 0.495 e. The van der Waals surface area contributed by atoms with E-state index in [1.807, 2.05) is 58.0 Å². The van der Waals surface area contributed by atoms with Gasteiger partial charge in [0.2, 0.25) is 10.0 Å². The summed E-state index contributed by atoms with van der Waals surface area (Å²) >= 11 is 0. The van der Waals surface area contributed by atoms with E-state index in [9.17, 15) is 8.42 Å². The lowest BCUT2D eigenvalue weighted by molar-refractivity contribution is 0.00578. The molecule has 144 valence electrons. The Kier molecular flexibility index (Phi) is 5.14. The predicted octanol–water partition coefficient (Wildman–Crippen LogP) is 2.95. The van der Waals surface area contributed by atoms with Crippen LogP contribution < -0.4 is 10.2 Å². The van der Waals surface area contributed by atoms with E-state index in [1.165, 1.54) is 5.56 Å². The van der Waals surface area contributed by atoms with Crippen molar-refractivity contribution in [2.45, 2.75) is 45.3 Å². The molecule has 2 aromatic rings. The molecule has 1 saturated heterocycles. The van der Waals surface area contributed by atoms with E-state index in [4.69, 9.17) is 9.31 Å². The molecule has 1 N–H and O–H groups in total. The highest BCUT2D eigenvalue weighted by atomic mass is 32.2. The molecule has 5 nitrogen and oxygen atoms in total. The Balaban J connectivity index is 2.01. The molecule has 0 aromatic heterocycles. The predicted molar refractivity (Wildman–Crippen MR) is 110 cm³/mol. The first kappa shape index (κ1) is 19.9. The average molecular weight is 387 g/mol. The lowest BCUT2D eigenvalue weighted by atomic mass is 9.74. The molecule has 0 saturated carbocycles. The standard InChI is InChI=1S/C20H26BNO4S/c1-19(2)20(3,4)26-21(25-19)18-14-17(22-27(5,23)24)12-11-16(18)13-15-9-7-6-8-10-15/h6-12,14,22H,13H2,1-5H3. The molecular formula is C20H26BNO4S. The highest BCUT2D eigenvalue weighted by Crippen LogP contribution is 2.37. The van der Waals surface area contributed by atoms with Crippen LogP contribution in [0.4, 0.5) is 5.69 Å². The van der Waals surface area contributed by atoms with Gasteiger partial charge in [-0.3, -0.25) is 4.72 Å². The molecule has 0 amide bonds. The molecule has 0 aliphatic carbocycles. The lowest BCUT2D eigenvalue weighted by Crippen LogP contribution is -2.41. The Hall–Kier alpha value is -1.83.